The van der Waals surface area contributed by atoms with Gasteiger partial charge in [0.05, 0.1) is 5.75 Å². The van der Waals surface area contributed by atoms with Crippen LogP contribution in [0.2, 0.25) is 5.15 Å². The fourth-order valence-electron chi connectivity index (χ4n) is 2.04. The summed E-state index contributed by atoms with van der Waals surface area (Å²) in [7, 11) is 0. The lowest BCUT2D eigenvalue weighted by atomic mass is 10.0. The van der Waals surface area contributed by atoms with E-state index in [1.54, 1.807) is 11.8 Å². The second-order valence-electron chi connectivity index (χ2n) is 4.59. The second kappa shape index (κ2) is 6.40. The molecule has 0 aliphatic heterocycles. The van der Waals surface area contributed by atoms with Crippen molar-refractivity contribution >= 4 is 23.4 Å². The lowest BCUT2D eigenvalue weighted by Crippen LogP contribution is -2.03. The van der Waals surface area contributed by atoms with Crippen LogP contribution in [0.25, 0.3) is 0 Å². The molecular weight excluding hydrogens is 276 g/mol. The zero-order valence-electron chi connectivity index (χ0n) is 11.4. The molecule has 0 spiro atoms. The van der Waals surface area contributed by atoms with Crippen molar-refractivity contribution in [3.63, 3.8) is 0 Å². The molecule has 0 saturated heterocycles. The van der Waals surface area contributed by atoms with E-state index in [4.69, 9.17) is 11.6 Å². The Morgan fingerprint density at radius 1 is 1.21 bits per heavy atom. The molecule has 2 aromatic rings. The largest absolute Gasteiger partial charge is 0.237 e. The molecule has 2 rings (SSSR count). The van der Waals surface area contributed by atoms with Crippen LogP contribution in [0.4, 0.5) is 0 Å². The first kappa shape index (κ1) is 14.4. The highest BCUT2D eigenvalue weighted by molar-refractivity contribution is 7.97. The van der Waals surface area contributed by atoms with Gasteiger partial charge in [0.1, 0.15) is 11.0 Å². The highest BCUT2D eigenvalue weighted by Crippen LogP contribution is 2.21. The van der Waals surface area contributed by atoms with Crippen molar-refractivity contribution < 1.29 is 0 Å². The van der Waals surface area contributed by atoms with Gasteiger partial charge in [-0.15, -0.1) is 0 Å². The number of rotatable bonds is 4. The third kappa shape index (κ3) is 3.71. The van der Waals surface area contributed by atoms with Crippen molar-refractivity contribution in [2.24, 2.45) is 0 Å². The summed E-state index contributed by atoms with van der Waals surface area (Å²) in [6, 6.07) is 8.44. The molecule has 0 bridgehead atoms. The number of hydrogen-bond acceptors (Lipinski definition) is 3. The van der Waals surface area contributed by atoms with Gasteiger partial charge in [-0.1, -0.05) is 41.4 Å². The Labute approximate surface area is 123 Å². The zero-order valence-corrected chi connectivity index (χ0v) is 13.0. The molecule has 1 aromatic heterocycles. The van der Waals surface area contributed by atoms with Crippen LogP contribution in [0.3, 0.4) is 0 Å². The van der Waals surface area contributed by atoms with Crippen LogP contribution in [0.15, 0.2) is 24.3 Å². The molecule has 4 heteroatoms. The normalized spacial score (nSPS) is 10.7. The molecule has 0 atom stereocenters. The van der Waals surface area contributed by atoms with Gasteiger partial charge in [0.25, 0.3) is 0 Å². The fourth-order valence-corrected chi connectivity index (χ4v) is 2.73. The molecule has 0 N–H and O–H groups in total. The lowest BCUT2D eigenvalue weighted by Gasteiger charge is -2.09. The molecule has 0 radical (unpaired) electrons. The second-order valence-corrected chi connectivity index (χ2v) is 5.82. The van der Waals surface area contributed by atoms with Crippen LogP contribution in [0, 0.1) is 13.8 Å². The number of benzene rings is 1. The van der Waals surface area contributed by atoms with Crippen molar-refractivity contribution in [2.45, 2.75) is 26.0 Å². The van der Waals surface area contributed by atoms with E-state index in [1.807, 2.05) is 13.2 Å². The molecule has 0 unspecified atom stereocenters. The van der Waals surface area contributed by atoms with Crippen molar-refractivity contribution in [1.82, 2.24) is 9.97 Å². The van der Waals surface area contributed by atoms with Crippen LogP contribution >= 0.6 is 23.4 Å². The summed E-state index contributed by atoms with van der Waals surface area (Å²) in [6.07, 6.45) is 2.82. The third-order valence-corrected chi connectivity index (χ3v) is 3.81. The molecule has 0 saturated carbocycles. The van der Waals surface area contributed by atoms with Crippen molar-refractivity contribution in [2.75, 3.05) is 6.26 Å². The predicted octanol–water partition coefficient (Wildman–Crippen LogP) is 4.20. The summed E-state index contributed by atoms with van der Waals surface area (Å²) >= 11 is 8.00. The van der Waals surface area contributed by atoms with Crippen molar-refractivity contribution in [3.8, 4) is 0 Å². The van der Waals surface area contributed by atoms with E-state index in [2.05, 4.69) is 41.2 Å². The Hall–Kier alpha value is -1.06. The zero-order chi connectivity index (χ0) is 13.8. The van der Waals surface area contributed by atoms with E-state index in [1.165, 1.54) is 11.1 Å². The summed E-state index contributed by atoms with van der Waals surface area (Å²) in [4.78, 5) is 8.90. The Kier molecular flexibility index (Phi) is 4.83. The van der Waals surface area contributed by atoms with E-state index >= 15 is 0 Å². The summed E-state index contributed by atoms with van der Waals surface area (Å²) in [6.45, 7) is 4.10. The predicted molar refractivity (Wildman–Crippen MR) is 83.0 cm³/mol. The molecule has 1 heterocycles. The minimum atomic E-state index is 0.582. The molecule has 0 amide bonds. The summed E-state index contributed by atoms with van der Waals surface area (Å²) in [5.74, 6) is 1.61. The number of nitrogens with zero attached hydrogens (tertiary/aromatic N) is 2. The third-order valence-electron chi connectivity index (χ3n) is 2.95. The monoisotopic (exact) mass is 292 g/mol. The molecule has 1 aromatic carbocycles. The highest BCUT2D eigenvalue weighted by atomic mass is 35.5. The van der Waals surface area contributed by atoms with Crippen LogP contribution in [-0.2, 0) is 12.2 Å². The van der Waals surface area contributed by atoms with Crippen LogP contribution in [-0.4, -0.2) is 16.2 Å². The number of aromatic nitrogens is 2. The molecule has 2 nitrogen and oxygen atoms in total. The summed E-state index contributed by atoms with van der Waals surface area (Å²) in [5.41, 5.74) is 4.50. The smallest absolute Gasteiger partial charge is 0.140 e. The number of hydrogen-bond donors (Lipinski definition) is 0. The van der Waals surface area contributed by atoms with Crippen LogP contribution in [0.1, 0.15) is 28.2 Å². The first-order chi connectivity index (χ1) is 9.10. The first-order valence-electron chi connectivity index (χ1n) is 6.16. The Balaban J connectivity index is 2.30. The van der Waals surface area contributed by atoms with E-state index in [0.29, 0.717) is 5.15 Å². The van der Waals surface area contributed by atoms with E-state index in [-0.39, 0.29) is 0 Å². The van der Waals surface area contributed by atoms with Gasteiger partial charge < -0.3 is 0 Å². The van der Waals surface area contributed by atoms with Crippen LogP contribution in [0.5, 0.6) is 0 Å². The maximum atomic E-state index is 6.30. The van der Waals surface area contributed by atoms with E-state index < -0.39 is 0 Å². The number of aryl methyl sites for hydroxylation is 2. The molecule has 19 heavy (non-hydrogen) atoms. The lowest BCUT2D eigenvalue weighted by molar-refractivity contribution is 0.950. The van der Waals surface area contributed by atoms with Crippen molar-refractivity contribution in [1.29, 1.82) is 0 Å². The van der Waals surface area contributed by atoms with Gasteiger partial charge in [-0.2, -0.15) is 11.8 Å². The van der Waals surface area contributed by atoms with Gasteiger partial charge >= 0.3 is 0 Å². The number of halogens is 1. The Morgan fingerprint density at radius 2 is 2.00 bits per heavy atom. The van der Waals surface area contributed by atoms with Crippen LogP contribution < -0.4 is 0 Å². The maximum Gasteiger partial charge on any atom is 0.140 e. The van der Waals surface area contributed by atoms with Gasteiger partial charge in [-0.25, -0.2) is 9.97 Å². The van der Waals surface area contributed by atoms with E-state index in [0.717, 1.165) is 29.3 Å². The maximum absolute atomic E-state index is 6.30. The van der Waals surface area contributed by atoms with Crippen molar-refractivity contribution in [3.05, 3.63) is 57.6 Å². The van der Waals surface area contributed by atoms with Gasteiger partial charge in [0.2, 0.25) is 0 Å². The Bertz CT molecular complexity index is 561. The topological polar surface area (TPSA) is 25.8 Å². The SMILES string of the molecule is CSCc1nc(C)c(Cc2cccc(C)c2)c(Cl)n1. The standard InChI is InChI=1S/C15H17ClN2S/c1-10-5-4-6-12(7-10)8-13-11(2)17-14(9-19-3)18-15(13)16/h4-7H,8-9H2,1-3H3. The molecule has 100 valence electrons. The highest BCUT2D eigenvalue weighted by Gasteiger charge is 2.10. The van der Waals surface area contributed by atoms with Gasteiger partial charge in [-0.3, -0.25) is 0 Å². The molecular formula is C15H17ClN2S. The van der Waals surface area contributed by atoms with Gasteiger partial charge in [-0.05, 0) is 25.7 Å². The summed E-state index contributed by atoms with van der Waals surface area (Å²) < 4.78 is 0. The molecule has 0 aliphatic carbocycles. The fraction of sp³-hybridized carbons (Fsp3) is 0.333. The average molecular weight is 293 g/mol. The first-order valence-corrected chi connectivity index (χ1v) is 7.93. The van der Waals surface area contributed by atoms with Gasteiger partial charge in [0, 0.05) is 17.7 Å². The Morgan fingerprint density at radius 3 is 2.63 bits per heavy atom. The van der Waals surface area contributed by atoms with Gasteiger partial charge in [0.15, 0.2) is 0 Å². The molecule has 0 aliphatic rings. The average Bonchev–Trinajstić information content (AvgIpc) is 2.34. The number of thioether (sulfide) groups is 1. The van der Waals surface area contributed by atoms with E-state index in [9.17, 15) is 0 Å². The minimum absolute atomic E-state index is 0.582. The quantitative estimate of drug-likeness (QED) is 0.790. The minimum Gasteiger partial charge on any atom is -0.237 e. The summed E-state index contributed by atoms with van der Waals surface area (Å²) in [5, 5.41) is 0.582. The molecule has 0 fully saturated rings.